The molecule has 0 radical (unpaired) electrons. The minimum absolute atomic E-state index is 0.0347. The van der Waals surface area contributed by atoms with Gasteiger partial charge in [0.2, 0.25) is 15.9 Å². The number of amides is 2. The SMILES string of the molecule is CSCCC(NS(=O)(=O)c1ccccc1)C(=O)NC1CCN(C(=O)c2ccccc2F)CC1. The molecule has 2 aromatic rings. The van der Waals surface area contributed by atoms with Crippen LogP contribution in [-0.2, 0) is 14.8 Å². The molecule has 0 aliphatic carbocycles. The molecule has 33 heavy (non-hydrogen) atoms. The van der Waals surface area contributed by atoms with Crippen LogP contribution in [0.5, 0.6) is 0 Å². The lowest BCUT2D eigenvalue weighted by Crippen LogP contribution is -2.52. The van der Waals surface area contributed by atoms with Crippen LogP contribution in [0.2, 0.25) is 0 Å². The van der Waals surface area contributed by atoms with Gasteiger partial charge in [-0.3, -0.25) is 9.59 Å². The molecule has 1 fully saturated rings. The minimum atomic E-state index is -3.84. The van der Waals surface area contributed by atoms with Gasteiger partial charge in [0, 0.05) is 19.1 Å². The number of benzene rings is 2. The van der Waals surface area contributed by atoms with Crippen LogP contribution in [-0.4, -0.2) is 62.3 Å². The van der Waals surface area contributed by atoms with Crippen molar-refractivity contribution in [3.63, 3.8) is 0 Å². The van der Waals surface area contributed by atoms with Gasteiger partial charge in [0.05, 0.1) is 10.5 Å². The first-order valence-electron chi connectivity index (χ1n) is 10.7. The van der Waals surface area contributed by atoms with Crippen LogP contribution in [0.4, 0.5) is 4.39 Å². The number of sulfonamides is 1. The Hall–Kier alpha value is -2.43. The summed E-state index contributed by atoms with van der Waals surface area (Å²) in [5.41, 5.74) is 0.0347. The number of likely N-dealkylation sites (tertiary alicyclic amines) is 1. The van der Waals surface area contributed by atoms with Crippen molar-refractivity contribution in [2.45, 2.75) is 36.2 Å². The highest BCUT2D eigenvalue weighted by atomic mass is 32.2. The molecule has 2 amide bonds. The fourth-order valence-corrected chi connectivity index (χ4v) is 5.39. The number of carbonyl (C=O) groups excluding carboxylic acids is 2. The first-order chi connectivity index (χ1) is 15.8. The van der Waals surface area contributed by atoms with E-state index in [1.165, 1.54) is 42.1 Å². The van der Waals surface area contributed by atoms with E-state index in [1.54, 1.807) is 29.2 Å². The van der Waals surface area contributed by atoms with E-state index in [0.29, 0.717) is 38.1 Å². The van der Waals surface area contributed by atoms with Crippen LogP contribution in [0.25, 0.3) is 0 Å². The standard InChI is InChI=1S/C23H28FN3O4S2/c1-32-16-13-21(26-33(30,31)18-7-3-2-4-8-18)22(28)25-17-11-14-27(15-12-17)23(29)19-9-5-6-10-20(19)24/h2-10,17,21,26H,11-16H2,1H3,(H,25,28). The summed E-state index contributed by atoms with van der Waals surface area (Å²) in [5, 5.41) is 2.93. The van der Waals surface area contributed by atoms with E-state index in [-0.39, 0.29) is 28.3 Å². The molecule has 10 heteroatoms. The largest absolute Gasteiger partial charge is 0.352 e. The van der Waals surface area contributed by atoms with Gasteiger partial charge in [-0.2, -0.15) is 16.5 Å². The zero-order valence-electron chi connectivity index (χ0n) is 18.4. The first kappa shape index (κ1) is 25.2. The van der Waals surface area contributed by atoms with Gasteiger partial charge < -0.3 is 10.2 Å². The summed E-state index contributed by atoms with van der Waals surface area (Å²) >= 11 is 1.53. The van der Waals surface area contributed by atoms with Crippen LogP contribution < -0.4 is 10.0 Å². The Kier molecular flexibility index (Phi) is 8.87. The number of halogens is 1. The first-order valence-corrected chi connectivity index (χ1v) is 13.6. The molecule has 0 bridgehead atoms. The number of piperidine rings is 1. The fraction of sp³-hybridized carbons (Fsp3) is 0.391. The van der Waals surface area contributed by atoms with Gasteiger partial charge >= 0.3 is 0 Å². The van der Waals surface area contributed by atoms with Crippen LogP contribution in [0, 0.1) is 5.82 Å². The molecule has 1 saturated heterocycles. The van der Waals surface area contributed by atoms with Crippen molar-refractivity contribution in [1.82, 2.24) is 14.9 Å². The topological polar surface area (TPSA) is 95.6 Å². The number of rotatable bonds is 9. The Morgan fingerprint density at radius 3 is 2.36 bits per heavy atom. The summed E-state index contributed by atoms with van der Waals surface area (Å²) in [6.45, 7) is 0.757. The Morgan fingerprint density at radius 2 is 1.73 bits per heavy atom. The highest BCUT2D eigenvalue weighted by Crippen LogP contribution is 2.17. The van der Waals surface area contributed by atoms with E-state index >= 15 is 0 Å². The quantitative estimate of drug-likeness (QED) is 0.560. The number of carbonyl (C=O) groups is 2. The van der Waals surface area contributed by atoms with E-state index in [0.717, 1.165) is 0 Å². The van der Waals surface area contributed by atoms with Crippen molar-refractivity contribution in [2.75, 3.05) is 25.1 Å². The average Bonchev–Trinajstić information content (AvgIpc) is 2.82. The lowest BCUT2D eigenvalue weighted by Gasteiger charge is -2.33. The van der Waals surface area contributed by atoms with E-state index in [2.05, 4.69) is 10.0 Å². The number of hydrogen-bond donors (Lipinski definition) is 2. The molecule has 1 heterocycles. The lowest BCUT2D eigenvalue weighted by molar-refractivity contribution is -0.123. The Labute approximate surface area is 198 Å². The lowest BCUT2D eigenvalue weighted by atomic mass is 10.0. The van der Waals surface area contributed by atoms with Crippen molar-refractivity contribution in [3.05, 3.63) is 66.0 Å². The highest BCUT2D eigenvalue weighted by molar-refractivity contribution is 7.98. The summed E-state index contributed by atoms with van der Waals surface area (Å²) in [6, 6.07) is 12.7. The van der Waals surface area contributed by atoms with Gasteiger partial charge in [-0.1, -0.05) is 30.3 Å². The van der Waals surface area contributed by atoms with Crippen molar-refractivity contribution in [2.24, 2.45) is 0 Å². The predicted octanol–water partition coefficient (Wildman–Crippen LogP) is 2.65. The second kappa shape index (κ2) is 11.6. The summed E-state index contributed by atoms with van der Waals surface area (Å²) < 4.78 is 41.9. The molecule has 2 N–H and O–H groups in total. The fourth-order valence-electron chi connectivity index (χ4n) is 3.67. The third-order valence-electron chi connectivity index (χ3n) is 5.51. The summed E-state index contributed by atoms with van der Waals surface area (Å²) in [4.78, 5) is 27.2. The number of hydrogen-bond acceptors (Lipinski definition) is 5. The molecular formula is C23H28FN3O4S2. The monoisotopic (exact) mass is 493 g/mol. The van der Waals surface area contributed by atoms with Gasteiger partial charge in [-0.05, 0) is 55.5 Å². The number of nitrogens with one attached hydrogen (secondary N) is 2. The summed E-state index contributed by atoms with van der Waals surface area (Å²) in [5.74, 6) is -0.695. The number of nitrogens with zero attached hydrogens (tertiary/aromatic N) is 1. The summed E-state index contributed by atoms with van der Waals surface area (Å²) in [6.07, 6.45) is 3.26. The van der Waals surface area contributed by atoms with Crippen molar-refractivity contribution in [1.29, 1.82) is 0 Å². The Balaban J connectivity index is 1.59. The predicted molar refractivity (Wildman–Crippen MR) is 127 cm³/mol. The minimum Gasteiger partial charge on any atom is -0.352 e. The second-order valence-electron chi connectivity index (χ2n) is 7.82. The maximum Gasteiger partial charge on any atom is 0.256 e. The average molecular weight is 494 g/mol. The van der Waals surface area contributed by atoms with Gasteiger partial charge in [0.1, 0.15) is 11.9 Å². The highest BCUT2D eigenvalue weighted by Gasteiger charge is 2.30. The van der Waals surface area contributed by atoms with Gasteiger partial charge in [-0.15, -0.1) is 0 Å². The third-order valence-corrected chi connectivity index (χ3v) is 7.64. The maximum absolute atomic E-state index is 13.9. The molecule has 1 unspecified atom stereocenters. The van der Waals surface area contributed by atoms with Crippen molar-refractivity contribution >= 4 is 33.6 Å². The van der Waals surface area contributed by atoms with E-state index in [1.807, 2.05) is 6.26 Å². The molecule has 0 aromatic heterocycles. The van der Waals surface area contributed by atoms with Crippen molar-refractivity contribution < 1.29 is 22.4 Å². The third kappa shape index (κ3) is 6.78. The van der Waals surface area contributed by atoms with Crippen LogP contribution in [0.1, 0.15) is 29.6 Å². The normalized spacial score (nSPS) is 15.8. The molecule has 178 valence electrons. The molecule has 1 atom stereocenters. The molecule has 3 rings (SSSR count). The van der Waals surface area contributed by atoms with E-state index in [9.17, 15) is 22.4 Å². The van der Waals surface area contributed by atoms with Gasteiger partial charge in [0.25, 0.3) is 5.91 Å². The van der Waals surface area contributed by atoms with E-state index < -0.39 is 21.9 Å². The Morgan fingerprint density at radius 1 is 1.09 bits per heavy atom. The molecule has 7 nitrogen and oxygen atoms in total. The molecule has 1 aliphatic heterocycles. The second-order valence-corrected chi connectivity index (χ2v) is 10.5. The molecule has 1 aliphatic rings. The van der Waals surface area contributed by atoms with Crippen molar-refractivity contribution in [3.8, 4) is 0 Å². The smallest absolute Gasteiger partial charge is 0.256 e. The van der Waals surface area contributed by atoms with Gasteiger partial charge in [-0.25, -0.2) is 12.8 Å². The van der Waals surface area contributed by atoms with Gasteiger partial charge in [0.15, 0.2) is 0 Å². The van der Waals surface area contributed by atoms with E-state index in [4.69, 9.17) is 0 Å². The zero-order valence-corrected chi connectivity index (χ0v) is 20.0. The Bertz CT molecular complexity index is 1060. The molecule has 0 spiro atoms. The molecule has 0 saturated carbocycles. The maximum atomic E-state index is 13.9. The summed E-state index contributed by atoms with van der Waals surface area (Å²) in [7, 11) is -3.84. The van der Waals surface area contributed by atoms with Crippen LogP contribution in [0.3, 0.4) is 0 Å². The zero-order chi connectivity index (χ0) is 23.8. The van der Waals surface area contributed by atoms with Crippen LogP contribution >= 0.6 is 11.8 Å². The molecule has 2 aromatic carbocycles. The number of thioether (sulfide) groups is 1. The molecular weight excluding hydrogens is 465 g/mol. The van der Waals surface area contributed by atoms with Crippen LogP contribution in [0.15, 0.2) is 59.5 Å².